The normalized spacial score (nSPS) is 11.1. The Labute approximate surface area is 107 Å². The molecule has 0 aliphatic carbocycles. The summed E-state index contributed by atoms with van der Waals surface area (Å²) in [6, 6.07) is 8.99. The molecule has 0 amide bonds. The number of halogens is 1. The first-order chi connectivity index (χ1) is 7.11. The van der Waals surface area contributed by atoms with Crippen molar-refractivity contribution in [3.8, 4) is 0 Å². The third-order valence-corrected chi connectivity index (χ3v) is 2.75. The molecule has 3 heteroatoms. The highest BCUT2D eigenvalue weighted by Gasteiger charge is 2.22. The zero-order valence-corrected chi connectivity index (χ0v) is 11.9. The lowest BCUT2D eigenvalue weighted by Crippen LogP contribution is -3.00. The Morgan fingerprint density at radius 2 is 1.69 bits per heavy atom. The molecule has 0 radical (unpaired) electrons. The van der Waals surface area contributed by atoms with Gasteiger partial charge in [-0.2, -0.15) is 0 Å². The Hall–Kier alpha value is -0.830. The Kier molecular flexibility index (Phi) is 4.14. The SMILES string of the molecule is CC(C)c1[nH]c2ccccc2[n+]1C(C)C.[Br-]. The van der Waals surface area contributed by atoms with Crippen molar-refractivity contribution >= 4 is 11.0 Å². The molecule has 0 spiro atoms. The third-order valence-electron chi connectivity index (χ3n) is 2.75. The average molecular weight is 283 g/mol. The molecule has 88 valence electrons. The van der Waals surface area contributed by atoms with Crippen LogP contribution in [0.5, 0.6) is 0 Å². The van der Waals surface area contributed by atoms with Crippen molar-refractivity contribution in [2.24, 2.45) is 0 Å². The van der Waals surface area contributed by atoms with Crippen LogP contribution in [0.25, 0.3) is 11.0 Å². The molecule has 16 heavy (non-hydrogen) atoms. The highest BCUT2D eigenvalue weighted by Crippen LogP contribution is 2.17. The summed E-state index contributed by atoms with van der Waals surface area (Å²) in [5.74, 6) is 1.84. The van der Waals surface area contributed by atoms with Gasteiger partial charge in [-0.1, -0.05) is 26.0 Å². The van der Waals surface area contributed by atoms with Gasteiger partial charge in [-0.25, -0.2) is 9.55 Å². The van der Waals surface area contributed by atoms with Crippen molar-refractivity contribution in [1.82, 2.24) is 4.98 Å². The van der Waals surface area contributed by atoms with Gasteiger partial charge in [-0.15, -0.1) is 0 Å². The first kappa shape index (κ1) is 13.2. The van der Waals surface area contributed by atoms with Gasteiger partial charge >= 0.3 is 0 Å². The maximum atomic E-state index is 3.51. The van der Waals surface area contributed by atoms with Crippen LogP contribution in [-0.2, 0) is 0 Å². The van der Waals surface area contributed by atoms with Crippen LogP contribution in [0, 0.1) is 0 Å². The molecule has 0 atom stereocenters. The molecule has 0 aliphatic rings. The number of rotatable bonds is 2. The summed E-state index contributed by atoms with van der Waals surface area (Å²) in [6.07, 6.45) is 0. The summed E-state index contributed by atoms with van der Waals surface area (Å²) in [5, 5.41) is 0. The first-order valence-corrected chi connectivity index (χ1v) is 5.63. The summed E-state index contributed by atoms with van der Waals surface area (Å²) >= 11 is 0. The van der Waals surface area contributed by atoms with E-state index >= 15 is 0 Å². The smallest absolute Gasteiger partial charge is 0.257 e. The van der Waals surface area contributed by atoms with Gasteiger partial charge in [-0.05, 0) is 26.0 Å². The van der Waals surface area contributed by atoms with E-state index in [1.165, 1.54) is 16.9 Å². The number of aromatic nitrogens is 2. The standard InChI is InChI=1S/C13H18N2.BrH/c1-9(2)13-14-11-7-5-6-8-12(11)15(13)10(3)4;/h5-10H,1-4H3;1H. The number of imidazole rings is 1. The molecule has 0 saturated carbocycles. The van der Waals surface area contributed by atoms with E-state index in [0.29, 0.717) is 12.0 Å². The topological polar surface area (TPSA) is 19.7 Å². The number of benzene rings is 1. The summed E-state index contributed by atoms with van der Waals surface area (Å²) in [6.45, 7) is 8.91. The number of nitrogens with one attached hydrogen (secondary N) is 1. The van der Waals surface area contributed by atoms with Crippen molar-refractivity contribution in [2.75, 3.05) is 0 Å². The fraction of sp³-hybridized carbons (Fsp3) is 0.462. The van der Waals surface area contributed by atoms with Crippen LogP contribution in [0.3, 0.4) is 0 Å². The molecule has 1 aromatic heterocycles. The Bertz CT molecular complexity index is 472. The van der Waals surface area contributed by atoms with Gasteiger partial charge in [0.1, 0.15) is 0 Å². The maximum Gasteiger partial charge on any atom is 0.257 e. The lowest BCUT2D eigenvalue weighted by molar-refractivity contribution is -0.699. The first-order valence-electron chi connectivity index (χ1n) is 5.63. The van der Waals surface area contributed by atoms with Gasteiger partial charge in [0.05, 0.1) is 12.0 Å². The van der Waals surface area contributed by atoms with E-state index < -0.39 is 0 Å². The number of hydrogen-bond donors (Lipinski definition) is 1. The fourth-order valence-corrected chi connectivity index (χ4v) is 2.10. The molecule has 1 N–H and O–H groups in total. The van der Waals surface area contributed by atoms with Crippen LogP contribution in [0.15, 0.2) is 24.3 Å². The van der Waals surface area contributed by atoms with E-state index in [4.69, 9.17) is 0 Å². The van der Waals surface area contributed by atoms with Crippen LogP contribution in [0.4, 0.5) is 0 Å². The molecule has 0 bridgehead atoms. The quantitative estimate of drug-likeness (QED) is 0.758. The minimum absolute atomic E-state index is 0. The monoisotopic (exact) mass is 282 g/mol. The molecule has 0 saturated heterocycles. The Balaban J connectivity index is 0.00000128. The van der Waals surface area contributed by atoms with E-state index in [-0.39, 0.29) is 17.0 Å². The van der Waals surface area contributed by atoms with Gasteiger partial charge in [0.25, 0.3) is 5.82 Å². The van der Waals surface area contributed by atoms with E-state index in [1.807, 2.05) is 0 Å². The minimum atomic E-state index is 0. The molecule has 2 aromatic rings. The van der Waals surface area contributed by atoms with Gasteiger partial charge < -0.3 is 17.0 Å². The van der Waals surface area contributed by atoms with Crippen molar-refractivity contribution in [3.05, 3.63) is 30.1 Å². The van der Waals surface area contributed by atoms with Crippen molar-refractivity contribution in [3.63, 3.8) is 0 Å². The van der Waals surface area contributed by atoms with Gasteiger partial charge in [0.2, 0.25) is 0 Å². The summed E-state index contributed by atoms with van der Waals surface area (Å²) in [5.41, 5.74) is 2.53. The fourth-order valence-electron chi connectivity index (χ4n) is 2.10. The molecule has 0 fully saturated rings. The van der Waals surface area contributed by atoms with E-state index in [9.17, 15) is 0 Å². The number of para-hydroxylation sites is 2. The second-order valence-electron chi connectivity index (χ2n) is 4.65. The van der Waals surface area contributed by atoms with Crippen LogP contribution in [0.1, 0.15) is 45.5 Å². The molecule has 0 unspecified atom stereocenters. The number of fused-ring (bicyclic) bond motifs is 1. The number of aromatic amines is 1. The van der Waals surface area contributed by atoms with E-state index in [2.05, 4.69) is 61.5 Å². The minimum Gasteiger partial charge on any atom is -1.00 e. The maximum absolute atomic E-state index is 3.51. The lowest BCUT2D eigenvalue weighted by atomic mass is 10.2. The van der Waals surface area contributed by atoms with Crippen molar-refractivity contribution < 1.29 is 21.5 Å². The van der Waals surface area contributed by atoms with Crippen LogP contribution in [-0.4, -0.2) is 4.98 Å². The van der Waals surface area contributed by atoms with Gasteiger partial charge in [0, 0.05) is 0 Å². The van der Waals surface area contributed by atoms with Gasteiger partial charge in [-0.3, -0.25) is 0 Å². The zero-order chi connectivity index (χ0) is 11.0. The molecular weight excluding hydrogens is 264 g/mol. The Morgan fingerprint density at radius 3 is 2.25 bits per heavy atom. The summed E-state index contributed by atoms with van der Waals surface area (Å²) in [4.78, 5) is 3.51. The third kappa shape index (κ3) is 2.14. The number of hydrogen-bond acceptors (Lipinski definition) is 0. The van der Waals surface area contributed by atoms with Crippen molar-refractivity contribution in [1.29, 1.82) is 0 Å². The molecule has 2 nitrogen and oxygen atoms in total. The number of nitrogens with zero attached hydrogens (tertiary/aromatic N) is 1. The number of H-pyrrole nitrogens is 1. The Morgan fingerprint density at radius 1 is 1.06 bits per heavy atom. The van der Waals surface area contributed by atoms with Gasteiger partial charge in [0.15, 0.2) is 11.0 Å². The van der Waals surface area contributed by atoms with Crippen LogP contribution in [0.2, 0.25) is 0 Å². The molecule has 1 aromatic carbocycles. The molecule has 2 rings (SSSR count). The average Bonchev–Trinajstić information content (AvgIpc) is 2.56. The largest absolute Gasteiger partial charge is 1.00 e. The molecular formula is C13H19BrN2. The van der Waals surface area contributed by atoms with Crippen LogP contribution < -0.4 is 21.5 Å². The molecule has 1 heterocycles. The lowest BCUT2D eigenvalue weighted by Gasteiger charge is -2.07. The zero-order valence-electron chi connectivity index (χ0n) is 10.3. The predicted molar refractivity (Wildman–Crippen MR) is 63.0 cm³/mol. The highest BCUT2D eigenvalue weighted by atomic mass is 79.9. The highest BCUT2D eigenvalue weighted by molar-refractivity contribution is 5.71. The second-order valence-corrected chi connectivity index (χ2v) is 4.65. The van der Waals surface area contributed by atoms with Crippen molar-refractivity contribution in [2.45, 2.75) is 39.7 Å². The molecule has 0 aliphatic heterocycles. The summed E-state index contributed by atoms with van der Waals surface area (Å²) < 4.78 is 2.39. The van der Waals surface area contributed by atoms with E-state index in [1.54, 1.807) is 0 Å². The van der Waals surface area contributed by atoms with E-state index in [0.717, 1.165) is 0 Å². The second kappa shape index (κ2) is 5.00. The predicted octanol–water partition coefficient (Wildman–Crippen LogP) is 0.164. The van der Waals surface area contributed by atoms with Crippen LogP contribution >= 0.6 is 0 Å². The summed E-state index contributed by atoms with van der Waals surface area (Å²) in [7, 11) is 0.